The highest BCUT2D eigenvalue weighted by Crippen LogP contribution is 2.40. The van der Waals surface area contributed by atoms with Gasteiger partial charge in [-0.25, -0.2) is 0 Å². The molecule has 0 aliphatic heterocycles. The number of hydrogen-bond donors (Lipinski definition) is 0. The Labute approximate surface area is 103 Å². The molecule has 2 heteroatoms. The van der Waals surface area contributed by atoms with Crippen molar-refractivity contribution in [1.29, 1.82) is 0 Å². The van der Waals surface area contributed by atoms with Crippen LogP contribution in [0, 0.1) is 0 Å². The molecule has 2 heterocycles. The van der Waals surface area contributed by atoms with Gasteiger partial charge in [0, 0.05) is 25.4 Å². The molecule has 0 aliphatic carbocycles. The van der Waals surface area contributed by atoms with Crippen LogP contribution in [0.3, 0.4) is 0 Å². The van der Waals surface area contributed by atoms with Gasteiger partial charge in [0.25, 0.3) is 0 Å². The van der Waals surface area contributed by atoms with Gasteiger partial charge in [0.1, 0.15) is 0 Å². The van der Waals surface area contributed by atoms with E-state index in [1.54, 1.807) is 0 Å². The maximum Gasteiger partial charge on any atom is 0.0360 e. The van der Waals surface area contributed by atoms with Crippen molar-refractivity contribution in [2.24, 2.45) is 0 Å². The van der Waals surface area contributed by atoms with Crippen LogP contribution in [0.2, 0.25) is 0 Å². The molecule has 1 aromatic carbocycles. The zero-order valence-corrected chi connectivity index (χ0v) is 10.7. The van der Waals surface area contributed by atoms with Gasteiger partial charge < -0.3 is 0 Å². The summed E-state index contributed by atoms with van der Waals surface area (Å²) in [7, 11) is 0. The fraction of sp³-hybridized carbons (Fsp3) is 0.143. The van der Waals surface area contributed by atoms with Crippen LogP contribution < -0.4 is 0 Å². The summed E-state index contributed by atoms with van der Waals surface area (Å²) in [4.78, 5) is 2.90. The summed E-state index contributed by atoms with van der Waals surface area (Å²) in [5.74, 6) is 0. The van der Waals surface area contributed by atoms with Crippen LogP contribution in [-0.2, 0) is 6.42 Å². The Bertz CT molecular complexity index is 603. The lowest BCUT2D eigenvalue weighted by atomic mass is 10.1. The molecule has 3 aromatic rings. The number of thiophene rings is 2. The molecule has 0 amide bonds. The van der Waals surface area contributed by atoms with Crippen LogP contribution >= 0.6 is 22.7 Å². The van der Waals surface area contributed by atoms with Gasteiger partial charge in [0.05, 0.1) is 0 Å². The molecule has 80 valence electrons. The second-order valence-electron chi connectivity index (χ2n) is 3.73. The summed E-state index contributed by atoms with van der Waals surface area (Å²) in [6.07, 6.45) is 1.12. The Hall–Kier alpha value is -1.12. The molecule has 0 unspecified atom stereocenters. The Morgan fingerprint density at radius 2 is 1.94 bits per heavy atom. The second kappa shape index (κ2) is 4.04. The smallest absolute Gasteiger partial charge is 0.0360 e. The summed E-state index contributed by atoms with van der Waals surface area (Å²) in [5.41, 5.74) is 1.46. The van der Waals surface area contributed by atoms with Gasteiger partial charge in [-0.1, -0.05) is 31.2 Å². The topological polar surface area (TPSA) is 0 Å². The van der Waals surface area contributed by atoms with Gasteiger partial charge in [-0.05, 0) is 23.9 Å². The Balaban J connectivity index is 2.36. The van der Waals surface area contributed by atoms with Crippen LogP contribution in [0.5, 0.6) is 0 Å². The van der Waals surface area contributed by atoms with Crippen LogP contribution in [0.1, 0.15) is 11.8 Å². The Morgan fingerprint density at radius 1 is 1.06 bits per heavy atom. The third-order valence-corrected chi connectivity index (χ3v) is 4.96. The largest absolute Gasteiger partial charge is 0.144 e. The fourth-order valence-corrected chi connectivity index (χ4v) is 4.07. The van der Waals surface area contributed by atoms with Gasteiger partial charge in [0.15, 0.2) is 0 Å². The minimum absolute atomic E-state index is 1.12. The Kier molecular flexibility index (Phi) is 2.54. The number of rotatable bonds is 2. The third-order valence-electron chi connectivity index (χ3n) is 2.76. The third kappa shape index (κ3) is 1.49. The molecule has 0 N–H and O–H groups in total. The van der Waals surface area contributed by atoms with E-state index in [0.29, 0.717) is 0 Å². The molecular weight excluding hydrogens is 232 g/mol. The van der Waals surface area contributed by atoms with Crippen molar-refractivity contribution in [2.75, 3.05) is 0 Å². The lowest BCUT2D eigenvalue weighted by Crippen LogP contribution is -1.77. The van der Waals surface area contributed by atoms with E-state index in [0.717, 1.165) is 6.42 Å². The number of benzene rings is 1. The van der Waals surface area contributed by atoms with Crippen molar-refractivity contribution in [3.05, 3.63) is 46.7 Å². The summed E-state index contributed by atoms with van der Waals surface area (Å²) in [6.45, 7) is 2.24. The van der Waals surface area contributed by atoms with Gasteiger partial charge in [-0.2, -0.15) is 0 Å². The van der Waals surface area contributed by atoms with E-state index in [9.17, 15) is 0 Å². The molecule has 0 spiro atoms. The van der Waals surface area contributed by atoms with Crippen LogP contribution in [0.4, 0.5) is 0 Å². The van der Waals surface area contributed by atoms with Crippen molar-refractivity contribution in [1.82, 2.24) is 0 Å². The molecule has 2 aromatic heterocycles. The maximum atomic E-state index is 2.24. The average molecular weight is 244 g/mol. The van der Waals surface area contributed by atoms with Crippen molar-refractivity contribution in [2.45, 2.75) is 13.3 Å². The van der Waals surface area contributed by atoms with Crippen LogP contribution in [0.25, 0.3) is 20.5 Å². The van der Waals surface area contributed by atoms with E-state index in [-0.39, 0.29) is 0 Å². The van der Waals surface area contributed by atoms with Crippen molar-refractivity contribution < 1.29 is 0 Å². The molecular formula is C14H12S2. The van der Waals surface area contributed by atoms with Crippen LogP contribution in [0.15, 0.2) is 41.8 Å². The first kappa shape index (κ1) is 10.1. The maximum absolute atomic E-state index is 2.24. The highest BCUT2D eigenvalue weighted by Gasteiger charge is 2.12. The van der Waals surface area contributed by atoms with Crippen molar-refractivity contribution in [3.8, 4) is 10.4 Å². The van der Waals surface area contributed by atoms with Gasteiger partial charge in [0.2, 0.25) is 0 Å². The van der Waals surface area contributed by atoms with Gasteiger partial charge in [-0.3, -0.25) is 0 Å². The average Bonchev–Trinajstić information content (AvgIpc) is 2.94. The molecule has 0 radical (unpaired) electrons. The summed E-state index contributed by atoms with van der Waals surface area (Å²) >= 11 is 3.76. The summed E-state index contributed by atoms with van der Waals surface area (Å²) < 4.78 is 1.41. The summed E-state index contributed by atoms with van der Waals surface area (Å²) in [5, 5.41) is 3.56. The molecule has 0 bridgehead atoms. The molecule has 0 saturated carbocycles. The lowest BCUT2D eigenvalue weighted by Gasteiger charge is -1.98. The first-order chi connectivity index (χ1) is 7.90. The monoisotopic (exact) mass is 244 g/mol. The molecule has 0 fully saturated rings. The highest BCUT2D eigenvalue weighted by molar-refractivity contribution is 7.20. The fourth-order valence-electron chi connectivity index (χ4n) is 2.04. The summed E-state index contributed by atoms with van der Waals surface area (Å²) in [6, 6.07) is 13.1. The number of hydrogen-bond acceptors (Lipinski definition) is 2. The van der Waals surface area contributed by atoms with Crippen molar-refractivity contribution in [3.63, 3.8) is 0 Å². The normalized spacial score (nSPS) is 11.1. The molecule has 16 heavy (non-hydrogen) atoms. The van der Waals surface area contributed by atoms with Crippen molar-refractivity contribution >= 4 is 32.8 Å². The molecule has 0 nitrogen and oxygen atoms in total. The SMILES string of the molecule is CCc1sc2ccccc2c1-c1cccs1. The van der Waals surface area contributed by atoms with E-state index in [1.807, 2.05) is 22.7 Å². The quantitative estimate of drug-likeness (QED) is 0.582. The Morgan fingerprint density at radius 3 is 2.69 bits per heavy atom. The first-order valence-electron chi connectivity index (χ1n) is 5.44. The molecule has 0 saturated heterocycles. The predicted molar refractivity (Wildman–Crippen MR) is 74.5 cm³/mol. The van der Waals surface area contributed by atoms with E-state index in [1.165, 1.54) is 25.4 Å². The predicted octanol–water partition coefficient (Wildman–Crippen LogP) is 5.19. The molecule has 0 aliphatic rings. The zero-order chi connectivity index (χ0) is 11.0. The van der Waals surface area contributed by atoms with E-state index in [4.69, 9.17) is 0 Å². The van der Waals surface area contributed by atoms with Crippen LogP contribution in [-0.4, -0.2) is 0 Å². The van der Waals surface area contributed by atoms with Gasteiger partial charge in [-0.15, -0.1) is 22.7 Å². The second-order valence-corrected chi connectivity index (χ2v) is 5.81. The van der Waals surface area contributed by atoms with E-state index in [2.05, 4.69) is 48.7 Å². The number of fused-ring (bicyclic) bond motifs is 1. The van der Waals surface area contributed by atoms with E-state index < -0.39 is 0 Å². The number of aryl methyl sites for hydroxylation is 1. The molecule has 0 atom stereocenters. The highest BCUT2D eigenvalue weighted by atomic mass is 32.1. The zero-order valence-electron chi connectivity index (χ0n) is 9.07. The minimum Gasteiger partial charge on any atom is -0.144 e. The standard InChI is InChI=1S/C14H12S2/c1-2-11-14(13-8-5-9-15-13)10-6-3-4-7-12(10)16-11/h3-9H,2H2,1H3. The first-order valence-corrected chi connectivity index (χ1v) is 7.14. The minimum atomic E-state index is 1.12. The lowest BCUT2D eigenvalue weighted by molar-refractivity contribution is 1.19. The van der Waals surface area contributed by atoms with Gasteiger partial charge >= 0.3 is 0 Å². The molecule has 3 rings (SSSR count). The van der Waals surface area contributed by atoms with E-state index >= 15 is 0 Å².